The molecule has 0 aromatic heterocycles. The highest BCUT2D eigenvalue weighted by Gasteiger charge is 2.18. The number of nitrogens with zero attached hydrogens (tertiary/aromatic N) is 1. The molecule has 0 saturated carbocycles. The fourth-order valence-corrected chi connectivity index (χ4v) is 1.59. The second kappa shape index (κ2) is 8.77. The number of carboxylic acid groups (broad SMARTS) is 1. The van der Waals surface area contributed by atoms with Crippen LogP contribution in [0.4, 0.5) is 4.79 Å². The summed E-state index contributed by atoms with van der Waals surface area (Å²) in [6.07, 6.45) is 4.56. The highest BCUT2D eigenvalue weighted by atomic mass is 16.6. The number of unbranched alkanes of at least 4 members (excludes halogenated alkanes) is 4. The maximum atomic E-state index is 11.6. The maximum Gasteiger partial charge on any atom is 0.410 e. The van der Waals surface area contributed by atoms with Crippen molar-refractivity contribution in [2.75, 3.05) is 13.6 Å². The third kappa shape index (κ3) is 11.6. The molecule has 0 aromatic rings. The van der Waals surface area contributed by atoms with Gasteiger partial charge in [0.2, 0.25) is 0 Å². The van der Waals surface area contributed by atoms with E-state index in [1.807, 2.05) is 20.8 Å². The largest absolute Gasteiger partial charge is 0.481 e. The Balaban J connectivity index is 3.55. The predicted octanol–water partition coefficient (Wildman–Crippen LogP) is 3.28. The fourth-order valence-electron chi connectivity index (χ4n) is 1.59. The Labute approximate surface area is 115 Å². The Morgan fingerprint density at radius 2 is 1.58 bits per heavy atom. The summed E-state index contributed by atoms with van der Waals surface area (Å²) in [5.41, 5.74) is -0.456. The van der Waals surface area contributed by atoms with Crippen LogP contribution < -0.4 is 0 Å². The number of hydrogen-bond acceptors (Lipinski definition) is 3. The Bertz CT molecular complexity index is 284. The monoisotopic (exact) mass is 273 g/mol. The second-order valence-electron chi connectivity index (χ2n) is 5.81. The molecule has 0 aromatic carbocycles. The van der Waals surface area contributed by atoms with Gasteiger partial charge >= 0.3 is 12.1 Å². The van der Waals surface area contributed by atoms with Crippen LogP contribution in [0.15, 0.2) is 0 Å². The van der Waals surface area contributed by atoms with Crippen molar-refractivity contribution in [2.45, 2.75) is 64.9 Å². The van der Waals surface area contributed by atoms with Crippen molar-refractivity contribution < 1.29 is 19.4 Å². The zero-order valence-electron chi connectivity index (χ0n) is 12.6. The van der Waals surface area contributed by atoms with Crippen molar-refractivity contribution in [3.63, 3.8) is 0 Å². The molecular formula is C14H27NO4. The molecule has 1 N–H and O–H groups in total. The Morgan fingerprint density at radius 1 is 1.05 bits per heavy atom. The van der Waals surface area contributed by atoms with E-state index in [0.717, 1.165) is 32.1 Å². The molecule has 19 heavy (non-hydrogen) atoms. The average Bonchev–Trinajstić information content (AvgIpc) is 2.24. The highest BCUT2D eigenvalue weighted by Crippen LogP contribution is 2.10. The molecule has 0 unspecified atom stereocenters. The van der Waals surface area contributed by atoms with Gasteiger partial charge in [0.15, 0.2) is 0 Å². The van der Waals surface area contributed by atoms with Crippen LogP contribution in [0.25, 0.3) is 0 Å². The zero-order valence-corrected chi connectivity index (χ0v) is 12.6. The minimum absolute atomic E-state index is 0.248. The molecule has 0 bridgehead atoms. The number of hydrogen-bond donors (Lipinski definition) is 1. The molecule has 5 heteroatoms. The van der Waals surface area contributed by atoms with Gasteiger partial charge in [0.25, 0.3) is 0 Å². The van der Waals surface area contributed by atoms with Crippen LogP contribution in [0, 0.1) is 0 Å². The van der Waals surface area contributed by atoms with Gasteiger partial charge in [-0.3, -0.25) is 4.79 Å². The lowest BCUT2D eigenvalue weighted by molar-refractivity contribution is -0.137. The van der Waals surface area contributed by atoms with E-state index in [9.17, 15) is 9.59 Å². The topological polar surface area (TPSA) is 66.8 Å². The van der Waals surface area contributed by atoms with Gasteiger partial charge in [0.05, 0.1) is 0 Å². The molecule has 0 aliphatic heterocycles. The van der Waals surface area contributed by atoms with Crippen LogP contribution in [0.1, 0.15) is 59.3 Å². The molecule has 0 atom stereocenters. The number of carboxylic acids is 1. The summed E-state index contributed by atoms with van der Waals surface area (Å²) in [6, 6.07) is 0. The van der Waals surface area contributed by atoms with Crippen molar-refractivity contribution in [1.29, 1.82) is 0 Å². The standard InChI is InChI=1S/C14H27NO4/c1-14(2,3)19-13(18)15(4)11-9-7-5-6-8-10-12(16)17/h5-11H2,1-4H3,(H,16,17). The van der Waals surface area contributed by atoms with Crippen LogP contribution in [-0.2, 0) is 9.53 Å². The first-order valence-corrected chi connectivity index (χ1v) is 6.88. The molecule has 0 radical (unpaired) electrons. The zero-order chi connectivity index (χ0) is 14.9. The van der Waals surface area contributed by atoms with E-state index in [-0.39, 0.29) is 12.5 Å². The van der Waals surface area contributed by atoms with Crippen LogP contribution in [0.3, 0.4) is 0 Å². The molecule has 0 aliphatic rings. The minimum Gasteiger partial charge on any atom is -0.481 e. The molecule has 0 saturated heterocycles. The molecule has 0 heterocycles. The maximum absolute atomic E-state index is 11.6. The summed E-state index contributed by atoms with van der Waals surface area (Å²) >= 11 is 0. The van der Waals surface area contributed by atoms with Gasteiger partial charge in [-0.1, -0.05) is 19.3 Å². The van der Waals surface area contributed by atoms with E-state index in [2.05, 4.69) is 0 Å². The summed E-state index contributed by atoms with van der Waals surface area (Å²) in [6.45, 7) is 6.22. The Morgan fingerprint density at radius 3 is 2.11 bits per heavy atom. The fraction of sp³-hybridized carbons (Fsp3) is 0.857. The summed E-state index contributed by atoms with van der Waals surface area (Å²) in [5.74, 6) is -0.732. The van der Waals surface area contributed by atoms with Crippen LogP contribution >= 0.6 is 0 Å². The van der Waals surface area contributed by atoms with Crippen LogP contribution in [0.5, 0.6) is 0 Å². The number of rotatable bonds is 8. The second-order valence-corrected chi connectivity index (χ2v) is 5.81. The van der Waals surface area contributed by atoms with Crippen molar-refractivity contribution >= 4 is 12.1 Å². The van der Waals surface area contributed by atoms with Gasteiger partial charge in [-0.05, 0) is 33.6 Å². The molecule has 112 valence electrons. The third-order valence-electron chi connectivity index (χ3n) is 2.59. The van der Waals surface area contributed by atoms with E-state index in [0.29, 0.717) is 6.54 Å². The van der Waals surface area contributed by atoms with Gasteiger partial charge in [-0.2, -0.15) is 0 Å². The van der Waals surface area contributed by atoms with E-state index in [4.69, 9.17) is 9.84 Å². The lowest BCUT2D eigenvalue weighted by Gasteiger charge is -2.24. The molecule has 0 fully saturated rings. The van der Waals surface area contributed by atoms with Crippen LogP contribution in [0.2, 0.25) is 0 Å². The highest BCUT2D eigenvalue weighted by molar-refractivity contribution is 5.67. The normalized spacial score (nSPS) is 11.2. The van der Waals surface area contributed by atoms with Crippen molar-refractivity contribution in [1.82, 2.24) is 4.90 Å². The van der Waals surface area contributed by atoms with E-state index >= 15 is 0 Å². The van der Waals surface area contributed by atoms with Gasteiger partial charge in [-0.25, -0.2) is 4.79 Å². The SMILES string of the molecule is CN(CCCCCCCC(=O)O)C(=O)OC(C)(C)C. The molecule has 0 rings (SSSR count). The van der Waals surface area contributed by atoms with Crippen molar-refractivity contribution in [3.8, 4) is 0 Å². The summed E-state index contributed by atoms with van der Waals surface area (Å²) in [7, 11) is 1.73. The van der Waals surface area contributed by atoms with Gasteiger partial charge in [0.1, 0.15) is 5.60 Å². The third-order valence-corrected chi connectivity index (χ3v) is 2.59. The molecule has 1 amide bonds. The number of aliphatic carboxylic acids is 1. The number of amides is 1. The van der Waals surface area contributed by atoms with Gasteiger partial charge in [0, 0.05) is 20.0 Å². The average molecular weight is 273 g/mol. The lowest BCUT2D eigenvalue weighted by Crippen LogP contribution is -2.34. The molecule has 0 spiro atoms. The van der Waals surface area contributed by atoms with E-state index < -0.39 is 11.6 Å². The minimum atomic E-state index is -0.732. The molecule has 5 nitrogen and oxygen atoms in total. The first-order valence-electron chi connectivity index (χ1n) is 6.88. The van der Waals surface area contributed by atoms with Crippen molar-refractivity contribution in [3.05, 3.63) is 0 Å². The number of ether oxygens (including phenoxy) is 1. The number of carbonyl (C=O) groups is 2. The smallest absolute Gasteiger partial charge is 0.410 e. The van der Waals surface area contributed by atoms with Gasteiger partial charge < -0.3 is 14.7 Å². The molecular weight excluding hydrogens is 246 g/mol. The van der Waals surface area contributed by atoms with E-state index in [1.54, 1.807) is 11.9 Å². The summed E-state index contributed by atoms with van der Waals surface area (Å²) in [4.78, 5) is 23.5. The molecule has 0 aliphatic carbocycles. The first-order chi connectivity index (χ1) is 8.72. The predicted molar refractivity (Wildman–Crippen MR) is 74.2 cm³/mol. The first kappa shape index (κ1) is 17.7. The lowest BCUT2D eigenvalue weighted by atomic mass is 10.1. The van der Waals surface area contributed by atoms with Crippen molar-refractivity contribution in [2.24, 2.45) is 0 Å². The summed E-state index contributed by atoms with van der Waals surface area (Å²) < 4.78 is 5.24. The quantitative estimate of drug-likeness (QED) is 0.689. The van der Waals surface area contributed by atoms with E-state index in [1.165, 1.54) is 0 Å². The number of carbonyl (C=O) groups excluding carboxylic acids is 1. The van der Waals surface area contributed by atoms with Gasteiger partial charge in [-0.15, -0.1) is 0 Å². The Kier molecular flexibility index (Phi) is 8.19. The Hall–Kier alpha value is -1.26. The summed E-state index contributed by atoms with van der Waals surface area (Å²) in [5, 5.41) is 8.48. The van der Waals surface area contributed by atoms with Crippen LogP contribution in [-0.4, -0.2) is 41.3 Å².